The van der Waals surface area contributed by atoms with Crippen LogP contribution in [0.25, 0.3) is 0 Å². The minimum Gasteiger partial charge on any atom is -0.455 e. The van der Waals surface area contributed by atoms with Crippen LogP contribution in [0, 0.1) is 0 Å². The third-order valence-electron chi connectivity index (χ3n) is 1.99. The van der Waals surface area contributed by atoms with E-state index in [1.165, 1.54) is 5.38 Å². The van der Waals surface area contributed by atoms with Gasteiger partial charge >= 0.3 is 5.97 Å². The summed E-state index contributed by atoms with van der Waals surface area (Å²) in [5.41, 5.74) is -1.50. The van der Waals surface area contributed by atoms with E-state index in [2.05, 4.69) is 10.3 Å². The normalized spacial score (nSPS) is 12.1. The van der Waals surface area contributed by atoms with E-state index in [4.69, 9.17) is 4.74 Å². The molecule has 0 radical (unpaired) electrons. The van der Waals surface area contributed by atoms with Gasteiger partial charge in [-0.05, 0) is 34.6 Å². The van der Waals surface area contributed by atoms with Crippen molar-refractivity contribution in [3.05, 3.63) is 16.1 Å². The molecule has 0 bridgehead atoms. The average molecular weight is 300 g/mol. The molecular formula is C13H20N2O4S. The molecule has 0 saturated carbocycles. The summed E-state index contributed by atoms with van der Waals surface area (Å²) < 4.78 is 5.16. The van der Waals surface area contributed by atoms with Gasteiger partial charge in [0.1, 0.15) is 5.60 Å². The Bertz CT molecular complexity index is 497. The number of thiazole rings is 1. The van der Waals surface area contributed by atoms with Gasteiger partial charge in [-0.1, -0.05) is 0 Å². The number of esters is 1. The van der Waals surface area contributed by atoms with Gasteiger partial charge in [-0.3, -0.25) is 4.79 Å². The molecule has 1 aromatic heterocycles. The second-order valence-corrected chi connectivity index (χ2v) is 6.89. The molecule has 6 nitrogen and oxygen atoms in total. The quantitative estimate of drug-likeness (QED) is 0.825. The first-order valence-electron chi connectivity index (χ1n) is 6.17. The number of aliphatic hydroxyl groups is 1. The highest BCUT2D eigenvalue weighted by atomic mass is 32.1. The summed E-state index contributed by atoms with van der Waals surface area (Å²) in [7, 11) is 0. The number of nitrogens with zero attached hydrogens (tertiary/aromatic N) is 1. The van der Waals surface area contributed by atoms with Crippen LogP contribution in [0.5, 0.6) is 0 Å². The van der Waals surface area contributed by atoms with Crippen LogP contribution in [0.1, 0.15) is 54.9 Å². The van der Waals surface area contributed by atoms with Crippen molar-refractivity contribution in [3.8, 4) is 0 Å². The Morgan fingerprint density at radius 2 is 1.95 bits per heavy atom. The Morgan fingerprint density at radius 3 is 2.45 bits per heavy atom. The van der Waals surface area contributed by atoms with Gasteiger partial charge in [0, 0.05) is 11.9 Å². The first-order chi connectivity index (χ1) is 8.98. The van der Waals surface area contributed by atoms with E-state index in [9.17, 15) is 14.7 Å². The highest BCUT2D eigenvalue weighted by molar-refractivity contribution is 7.11. The van der Waals surface area contributed by atoms with Gasteiger partial charge in [0.25, 0.3) is 5.91 Å². The summed E-state index contributed by atoms with van der Waals surface area (Å²) >= 11 is 1.06. The monoisotopic (exact) mass is 300 g/mol. The number of carbonyl (C=O) groups is 2. The fourth-order valence-electron chi connectivity index (χ4n) is 1.17. The molecule has 2 N–H and O–H groups in total. The van der Waals surface area contributed by atoms with Crippen LogP contribution >= 0.6 is 11.3 Å². The third-order valence-corrected chi connectivity index (χ3v) is 2.83. The smallest absolute Gasteiger partial charge is 0.358 e. The second kappa shape index (κ2) is 5.88. The summed E-state index contributed by atoms with van der Waals surface area (Å²) in [4.78, 5) is 27.5. The third kappa shape index (κ3) is 5.66. The Kier molecular flexibility index (Phi) is 4.88. The maximum atomic E-state index is 11.8. The maximum Gasteiger partial charge on any atom is 0.358 e. The fourth-order valence-corrected chi connectivity index (χ4v) is 1.88. The Balaban J connectivity index is 2.68. The molecule has 1 rings (SSSR count). The molecule has 112 valence electrons. The van der Waals surface area contributed by atoms with Gasteiger partial charge in [-0.25, -0.2) is 9.78 Å². The number of amides is 1. The van der Waals surface area contributed by atoms with Crippen LogP contribution in [0.3, 0.4) is 0 Å². The summed E-state index contributed by atoms with van der Waals surface area (Å²) in [6.45, 7) is 8.55. The molecule has 0 aliphatic carbocycles. The number of hydrogen-bond donors (Lipinski definition) is 2. The van der Waals surface area contributed by atoms with Gasteiger partial charge in [0.15, 0.2) is 10.7 Å². The molecule has 1 amide bonds. The first-order valence-corrected chi connectivity index (χ1v) is 7.05. The lowest BCUT2D eigenvalue weighted by molar-refractivity contribution is 0.00635. The number of nitrogens with one attached hydrogen (secondary N) is 1. The van der Waals surface area contributed by atoms with E-state index in [1.807, 2.05) is 0 Å². The highest BCUT2D eigenvalue weighted by Crippen LogP contribution is 2.15. The Morgan fingerprint density at radius 1 is 1.35 bits per heavy atom. The molecule has 0 fully saturated rings. The van der Waals surface area contributed by atoms with Crippen LogP contribution in [-0.2, 0) is 4.74 Å². The lowest BCUT2D eigenvalue weighted by Crippen LogP contribution is -2.38. The second-order valence-electron chi connectivity index (χ2n) is 6.03. The highest BCUT2D eigenvalue weighted by Gasteiger charge is 2.22. The fraction of sp³-hybridized carbons (Fsp3) is 0.615. The van der Waals surface area contributed by atoms with Crippen LogP contribution in [-0.4, -0.2) is 39.7 Å². The SMILES string of the molecule is CC(C)(O)CNC(=O)c1nc(C(=O)OC(C)(C)C)cs1. The van der Waals surface area contributed by atoms with E-state index in [0.29, 0.717) is 0 Å². The van der Waals surface area contributed by atoms with Gasteiger partial charge < -0.3 is 15.2 Å². The number of aromatic nitrogens is 1. The lowest BCUT2D eigenvalue weighted by atomic mass is 10.1. The molecule has 7 heteroatoms. The molecule has 20 heavy (non-hydrogen) atoms. The molecule has 0 spiro atoms. The number of ether oxygens (including phenoxy) is 1. The van der Waals surface area contributed by atoms with Crippen LogP contribution in [0.4, 0.5) is 0 Å². The van der Waals surface area contributed by atoms with Gasteiger partial charge in [0.05, 0.1) is 5.60 Å². The molecule has 0 unspecified atom stereocenters. The minimum atomic E-state index is -0.999. The maximum absolute atomic E-state index is 11.8. The standard InChI is InChI=1S/C13H20N2O4S/c1-12(2,3)19-11(17)8-6-20-10(15-8)9(16)14-7-13(4,5)18/h6,18H,7H2,1-5H3,(H,14,16). The molecule has 1 aromatic rings. The predicted molar refractivity (Wildman–Crippen MR) is 75.9 cm³/mol. The van der Waals surface area contributed by atoms with Crippen molar-refractivity contribution in [2.75, 3.05) is 6.54 Å². The van der Waals surface area contributed by atoms with Crippen LogP contribution in [0.2, 0.25) is 0 Å². The van der Waals surface area contributed by atoms with Crippen molar-refractivity contribution >= 4 is 23.2 Å². The zero-order valence-corrected chi connectivity index (χ0v) is 13.1. The van der Waals surface area contributed by atoms with Crippen molar-refractivity contribution in [3.63, 3.8) is 0 Å². The minimum absolute atomic E-state index is 0.104. The molecule has 0 atom stereocenters. The zero-order valence-electron chi connectivity index (χ0n) is 12.3. The molecule has 0 aliphatic rings. The average Bonchev–Trinajstić information content (AvgIpc) is 2.71. The molecular weight excluding hydrogens is 280 g/mol. The number of hydrogen-bond acceptors (Lipinski definition) is 6. The lowest BCUT2D eigenvalue weighted by Gasteiger charge is -2.18. The molecule has 1 heterocycles. The largest absolute Gasteiger partial charge is 0.455 e. The van der Waals surface area contributed by atoms with E-state index < -0.39 is 23.1 Å². The van der Waals surface area contributed by atoms with E-state index in [0.717, 1.165) is 11.3 Å². The first kappa shape index (κ1) is 16.6. The van der Waals surface area contributed by atoms with Gasteiger partial charge in [0.2, 0.25) is 0 Å². The number of carbonyl (C=O) groups excluding carboxylic acids is 2. The molecule has 0 saturated heterocycles. The van der Waals surface area contributed by atoms with Crippen molar-refractivity contribution in [2.24, 2.45) is 0 Å². The summed E-state index contributed by atoms with van der Waals surface area (Å²) in [5, 5.41) is 13.7. The number of rotatable bonds is 4. The summed E-state index contributed by atoms with van der Waals surface area (Å²) in [6, 6.07) is 0. The van der Waals surface area contributed by atoms with Gasteiger partial charge in [-0.2, -0.15) is 0 Å². The van der Waals surface area contributed by atoms with Gasteiger partial charge in [-0.15, -0.1) is 11.3 Å². The van der Waals surface area contributed by atoms with Crippen molar-refractivity contribution in [2.45, 2.75) is 45.8 Å². The zero-order chi connectivity index (χ0) is 15.6. The van der Waals surface area contributed by atoms with E-state index in [-0.39, 0.29) is 17.2 Å². The van der Waals surface area contributed by atoms with Crippen molar-refractivity contribution < 1.29 is 19.4 Å². The van der Waals surface area contributed by atoms with Crippen LogP contribution < -0.4 is 5.32 Å². The van der Waals surface area contributed by atoms with Crippen LogP contribution in [0.15, 0.2) is 5.38 Å². The summed E-state index contributed by atoms with van der Waals surface area (Å²) in [6.07, 6.45) is 0. The Labute approximate surface area is 122 Å². The topological polar surface area (TPSA) is 88.5 Å². The summed E-state index contributed by atoms with van der Waals surface area (Å²) in [5.74, 6) is -0.984. The molecule has 0 aromatic carbocycles. The molecule has 0 aliphatic heterocycles. The van der Waals surface area contributed by atoms with Crippen molar-refractivity contribution in [1.29, 1.82) is 0 Å². The predicted octanol–water partition coefficient (Wildman–Crippen LogP) is 1.60. The van der Waals surface area contributed by atoms with E-state index in [1.54, 1.807) is 34.6 Å². The Hall–Kier alpha value is -1.47. The van der Waals surface area contributed by atoms with Crippen molar-refractivity contribution in [1.82, 2.24) is 10.3 Å². The van der Waals surface area contributed by atoms with E-state index >= 15 is 0 Å².